The summed E-state index contributed by atoms with van der Waals surface area (Å²) >= 11 is 0. The van der Waals surface area contributed by atoms with Gasteiger partial charge in [0.2, 0.25) is 0 Å². The Morgan fingerprint density at radius 2 is 1.91 bits per heavy atom. The Balaban J connectivity index is 1.24. The Morgan fingerprint density at radius 3 is 2.58 bits per heavy atom. The number of halogens is 3. The Labute approximate surface area is 187 Å². The van der Waals surface area contributed by atoms with Crippen LogP contribution in [0.25, 0.3) is 10.9 Å². The molecular formula is C24H21F3N4O2. The third-order valence-electron chi connectivity index (χ3n) is 6.06. The van der Waals surface area contributed by atoms with Crippen molar-refractivity contribution in [3.8, 4) is 5.75 Å². The van der Waals surface area contributed by atoms with E-state index < -0.39 is 11.7 Å². The summed E-state index contributed by atoms with van der Waals surface area (Å²) in [5.41, 5.74) is 2.20. The van der Waals surface area contributed by atoms with Gasteiger partial charge in [-0.15, -0.1) is 0 Å². The normalized spacial score (nSPS) is 18.2. The van der Waals surface area contributed by atoms with Crippen molar-refractivity contribution < 1.29 is 22.7 Å². The second-order valence-electron chi connectivity index (χ2n) is 8.23. The molecule has 0 saturated heterocycles. The summed E-state index contributed by atoms with van der Waals surface area (Å²) in [7, 11) is 1.70. The van der Waals surface area contributed by atoms with Crippen LogP contribution in [0.3, 0.4) is 0 Å². The van der Waals surface area contributed by atoms with Gasteiger partial charge in [-0.3, -0.25) is 9.48 Å². The minimum absolute atomic E-state index is 0.0128. The van der Waals surface area contributed by atoms with E-state index in [1.165, 1.54) is 4.68 Å². The molecule has 33 heavy (non-hydrogen) atoms. The Morgan fingerprint density at radius 1 is 1.15 bits per heavy atom. The largest absolute Gasteiger partial charge is 0.490 e. The fourth-order valence-corrected chi connectivity index (χ4v) is 4.13. The number of rotatable bonds is 5. The van der Waals surface area contributed by atoms with E-state index in [2.05, 4.69) is 15.4 Å². The van der Waals surface area contributed by atoms with Gasteiger partial charge in [0.25, 0.3) is 5.91 Å². The van der Waals surface area contributed by atoms with E-state index in [9.17, 15) is 18.0 Å². The molecule has 1 amide bonds. The molecule has 0 aliphatic heterocycles. The lowest BCUT2D eigenvalue weighted by Gasteiger charge is -2.35. The quantitative estimate of drug-likeness (QED) is 0.418. The van der Waals surface area contributed by atoms with Crippen molar-refractivity contribution in [3.05, 3.63) is 77.7 Å². The summed E-state index contributed by atoms with van der Waals surface area (Å²) in [6.45, 7) is 0. The number of carbonyl (C=O) groups is 1. The second-order valence-corrected chi connectivity index (χ2v) is 8.23. The van der Waals surface area contributed by atoms with Crippen LogP contribution < -0.4 is 10.1 Å². The van der Waals surface area contributed by atoms with Crippen molar-refractivity contribution in [1.29, 1.82) is 0 Å². The molecular weight excluding hydrogens is 433 g/mol. The fraction of sp³-hybridized carbons (Fsp3) is 0.250. The lowest BCUT2D eigenvalue weighted by Crippen LogP contribution is -2.32. The van der Waals surface area contributed by atoms with Gasteiger partial charge in [-0.1, -0.05) is 12.1 Å². The number of ether oxygens (including phenoxy) is 1. The SMILES string of the molecule is Cn1nccc1C(=O)Nc1c[nH]c2ccc(O[C@H]3C[C@@H](c4ccc(C(F)(F)F)cc4)C3)cc12. The number of carbonyl (C=O) groups excluding carboxylic acids is 1. The third-order valence-corrected chi connectivity index (χ3v) is 6.06. The number of nitrogens with zero attached hydrogens (tertiary/aromatic N) is 2. The number of aryl methyl sites for hydroxylation is 1. The van der Waals surface area contributed by atoms with E-state index in [0.29, 0.717) is 17.1 Å². The van der Waals surface area contributed by atoms with Crippen molar-refractivity contribution in [1.82, 2.24) is 14.8 Å². The summed E-state index contributed by atoms with van der Waals surface area (Å²) in [5.74, 6) is 0.594. The van der Waals surface area contributed by atoms with E-state index in [4.69, 9.17) is 4.74 Å². The van der Waals surface area contributed by atoms with Crippen LogP contribution in [0.4, 0.5) is 18.9 Å². The first-order valence-electron chi connectivity index (χ1n) is 10.5. The number of hydrogen-bond donors (Lipinski definition) is 2. The van der Waals surface area contributed by atoms with Gasteiger partial charge in [0.05, 0.1) is 17.4 Å². The summed E-state index contributed by atoms with van der Waals surface area (Å²) in [5, 5.41) is 7.73. The molecule has 4 aromatic rings. The molecule has 0 atom stereocenters. The zero-order valence-corrected chi connectivity index (χ0v) is 17.7. The minimum atomic E-state index is -4.32. The van der Waals surface area contributed by atoms with Gasteiger partial charge in [-0.25, -0.2) is 0 Å². The maximum Gasteiger partial charge on any atom is 0.416 e. The molecule has 0 radical (unpaired) electrons. The number of aromatic amines is 1. The van der Waals surface area contributed by atoms with Crippen LogP contribution in [0.1, 0.15) is 40.4 Å². The number of aromatic nitrogens is 3. The number of H-pyrrole nitrogens is 1. The number of nitrogens with one attached hydrogen (secondary N) is 2. The van der Waals surface area contributed by atoms with Gasteiger partial charge in [0.15, 0.2) is 0 Å². The molecule has 0 bridgehead atoms. The standard InChI is InChI=1S/C24H21F3N4O2/c1-31-22(8-9-29-31)23(32)30-21-13-28-20-7-6-17(12-19(20)21)33-18-10-15(11-18)14-2-4-16(5-3-14)24(25,26)27/h2-9,12-13,15,18,28H,10-11H2,1H3,(H,30,32)/t15-,18+. The lowest BCUT2D eigenvalue weighted by atomic mass is 9.77. The zero-order valence-electron chi connectivity index (χ0n) is 17.7. The summed E-state index contributed by atoms with van der Waals surface area (Å²) < 4.78 is 45.8. The van der Waals surface area contributed by atoms with Gasteiger partial charge in [0.1, 0.15) is 11.4 Å². The number of hydrogen-bond acceptors (Lipinski definition) is 3. The topological polar surface area (TPSA) is 71.9 Å². The molecule has 1 aliphatic carbocycles. The molecule has 0 unspecified atom stereocenters. The first-order chi connectivity index (χ1) is 15.8. The molecule has 9 heteroatoms. The molecule has 2 heterocycles. The Bertz CT molecular complexity index is 1300. The minimum Gasteiger partial charge on any atom is -0.490 e. The van der Waals surface area contributed by atoms with E-state index in [-0.39, 0.29) is 17.9 Å². The van der Waals surface area contributed by atoms with Gasteiger partial charge in [0, 0.05) is 30.3 Å². The summed E-state index contributed by atoms with van der Waals surface area (Å²) in [6.07, 6.45) is 0.429. The Kier molecular flexibility index (Phi) is 5.11. The average Bonchev–Trinajstić information content (AvgIpc) is 3.36. The molecule has 2 N–H and O–H groups in total. The van der Waals surface area contributed by atoms with Crippen molar-refractivity contribution in [2.45, 2.75) is 31.0 Å². The zero-order chi connectivity index (χ0) is 23.2. The number of fused-ring (bicyclic) bond motifs is 1. The molecule has 1 aliphatic rings. The molecule has 2 aromatic heterocycles. The fourth-order valence-electron chi connectivity index (χ4n) is 4.13. The van der Waals surface area contributed by atoms with Crippen molar-refractivity contribution in [3.63, 3.8) is 0 Å². The first-order valence-corrected chi connectivity index (χ1v) is 10.5. The maximum atomic E-state index is 12.7. The summed E-state index contributed by atoms with van der Waals surface area (Å²) in [4.78, 5) is 15.7. The Hall–Kier alpha value is -3.75. The van der Waals surface area contributed by atoms with Crippen molar-refractivity contribution >= 4 is 22.5 Å². The van der Waals surface area contributed by atoms with Crippen LogP contribution in [-0.2, 0) is 13.2 Å². The van der Waals surface area contributed by atoms with E-state index in [1.807, 2.05) is 18.2 Å². The number of amides is 1. The predicted molar refractivity (Wildman–Crippen MR) is 117 cm³/mol. The first kappa shape index (κ1) is 21.1. The van der Waals surface area contributed by atoms with Crippen LogP contribution in [0.15, 0.2) is 60.9 Å². The highest BCUT2D eigenvalue weighted by Crippen LogP contribution is 2.41. The van der Waals surface area contributed by atoms with Crippen LogP contribution in [-0.4, -0.2) is 26.8 Å². The highest BCUT2D eigenvalue weighted by atomic mass is 19.4. The van der Waals surface area contributed by atoms with Gasteiger partial charge in [-0.05, 0) is 60.7 Å². The molecule has 2 aromatic carbocycles. The highest BCUT2D eigenvalue weighted by molar-refractivity contribution is 6.08. The average molecular weight is 454 g/mol. The monoisotopic (exact) mass is 454 g/mol. The number of alkyl halides is 3. The highest BCUT2D eigenvalue weighted by Gasteiger charge is 2.34. The maximum absolute atomic E-state index is 12.7. The smallest absolute Gasteiger partial charge is 0.416 e. The van der Waals surface area contributed by atoms with Crippen LogP contribution in [0.5, 0.6) is 5.75 Å². The van der Waals surface area contributed by atoms with Crippen LogP contribution in [0.2, 0.25) is 0 Å². The van der Waals surface area contributed by atoms with Crippen molar-refractivity contribution in [2.24, 2.45) is 7.05 Å². The predicted octanol–water partition coefficient (Wildman–Crippen LogP) is 5.50. The van der Waals surface area contributed by atoms with E-state index >= 15 is 0 Å². The number of anilines is 1. The molecule has 5 rings (SSSR count). The molecule has 1 fully saturated rings. The molecule has 1 saturated carbocycles. The molecule has 0 spiro atoms. The van der Waals surface area contributed by atoms with Crippen LogP contribution >= 0.6 is 0 Å². The second kappa shape index (κ2) is 7.99. The molecule has 170 valence electrons. The van der Waals surface area contributed by atoms with Gasteiger partial charge < -0.3 is 15.0 Å². The van der Waals surface area contributed by atoms with Gasteiger partial charge in [-0.2, -0.15) is 18.3 Å². The lowest BCUT2D eigenvalue weighted by molar-refractivity contribution is -0.137. The molecule has 6 nitrogen and oxygen atoms in total. The van der Waals surface area contributed by atoms with E-state index in [0.717, 1.165) is 41.4 Å². The van der Waals surface area contributed by atoms with Gasteiger partial charge >= 0.3 is 6.18 Å². The van der Waals surface area contributed by atoms with Crippen LogP contribution in [0, 0.1) is 0 Å². The summed E-state index contributed by atoms with van der Waals surface area (Å²) in [6, 6.07) is 12.6. The number of benzene rings is 2. The van der Waals surface area contributed by atoms with E-state index in [1.54, 1.807) is 37.6 Å². The van der Waals surface area contributed by atoms with Crippen molar-refractivity contribution in [2.75, 3.05) is 5.32 Å². The third kappa shape index (κ3) is 4.18.